The van der Waals surface area contributed by atoms with E-state index in [4.69, 9.17) is 9.47 Å². The van der Waals surface area contributed by atoms with Crippen LogP contribution in [0.1, 0.15) is 26.7 Å². The van der Waals surface area contributed by atoms with E-state index in [0.717, 1.165) is 18.5 Å². The van der Waals surface area contributed by atoms with Crippen LogP contribution >= 0.6 is 0 Å². The number of carbonyl (C=O) groups excluding carboxylic acids is 1. The summed E-state index contributed by atoms with van der Waals surface area (Å²) in [6.07, 6.45) is 3.55. The van der Waals surface area contributed by atoms with Gasteiger partial charge in [0.2, 0.25) is 0 Å². The van der Waals surface area contributed by atoms with Gasteiger partial charge in [-0.1, -0.05) is 13.8 Å². The molecule has 1 fully saturated rings. The van der Waals surface area contributed by atoms with Crippen LogP contribution < -0.4 is 14.4 Å². The smallest absolute Gasteiger partial charge is 0.314 e. The van der Waals surface area contributed by atoms with E-state index in [1.54, 1.807) is 12.3 Å². The lowest BCUT2D eigenvalue weighted by atomic mass is 10.2. The van der Waals surface area contributed by atoms with Crippen LogP contribution in [0.15, 0.2) is 12.3 Å². The Labute approximate surface area is 119 Å². The normalized spacial score (nSPS) is 14.2. The fourth-order valence-corrected chi connectivity index (χ4v) is 1.60. The number of pyridine rings is 1. The maximum atomic E-state index is 11.8. The number of carbonyl (C=O) groups is 1. The first-order valence-electron chi connectivity index (χ1n) is 6.99. The number of hydrogen-bond donors (Lipinski definition) is 0. The predicted octanol–water partition coefficient (Wildman–Crippen LogP) is 2.50. The molecular weight excluding hydrogens is 256 g/mol. The Balaban J connectivity index is 2.17. The summed E-state index contributed by atoms with van der Waals surface area (Å²) in [7, 11) is 3.83. The number of hydrogen-bond acceptors (Lipinski definition) is 5. The van der Waals surface area contributed by atoms with Gasteiger partial charge in [0.15, 0.2) is 5.75 Å². The van der Waals surface area contributed by atoms with Crippen molar-refractivity contribution in [2.45, 2.75) is 26.7 Å². The Morgan fingerprint density at radius 3 is 2.70 bits per heavy atom. The molecule has 0 aromatic carbocycles. The number of nitrogens with zero attached hydrogens (tertiary/aromatic N) is 2. The number of rotatable bonds is 6. The molecule has 1 saturated carbocycles. The highest BCUT2D eigenvalue weighted by atomic mass is 16.6. The summed E-state index contributed by atoms with van der Waals surface area (Å²) in [4.78, 5) is 18.0. The Morgan fingerprint density at radius 1 is 1.45 bits per heavy atom. The lowest BCUT2D eigenvalue weighted by Gasteiger charge is -2.16. The standard InChI is InChI=1S/C15H22N2O3/c1-10(2)9-19-14-13(20-15(18)11-5-6-11)7-12(8-16-14)17(3)4/h7-8,10-11H,5-6,9H2,1-4H3. The van der Waals surface area contributed by atoms with Crippen molar-refractivity contribution in [2.75, 3.05) is 25.6 Å². The van der Waals surface area contributed by atoms with E-state index >= 15 is 0 Å². The maximum Gasteiger partial charge on any atom is 0.314 e. The van der Waals surface area contributed by atoms with Crippen LogP contribution in [0.25, 0.3) is 0 Å². The minimum absolute atomic E-state index is 0.0518. The topological polar surface area (TPSA) is 51.7 Å². The third-order valence-corrected chi connectivity index (χ3v) is 2.99. The molecule has 0 N–H and O–H groups in total. The molecule has 1 aliphatic rings. The van der Waals surface area contributed by atoms with Gasteiger partial charge in [-0.05, 0) is 18.8 Å². The number of ether oxygens (including phenoxy) is 2. The largest absolute Gasteiger partial charge is 0.475 e. The second-order valence-electron chi connectivity index (χ2n) is 5.79. The van der Waals surface area contributed by atoms with Crippen molar-refractivity contribution in [3.8, 4) is 11.6 Å². The third kappa shape index (κ3) is 3.85. The molecule has 0 spiro atoms. The number of esters is 1. The van der Waals surface area contributed by atoms with Crippen molar-refractivity contribution in [2.24, 2.45) is 11.8 Å². The van der Waals surface area contributed by atoms with Gasteiger partial charge in [-0.15, -0.1) is 0 Å². The average molecular weight is 278 g/mol. The lowest BCUT2D eigenvalue weighted by molar-refractivity contribution is -0.135. The van der Waals surface area contributed by atoms with Gasteiger partial charge in [-0.2, -0.15) is 0 Å². The van der Waals surface area contributed by atoms with Gasteiger partial charge in [0.1, 0.15) is 0 Å². The molecule has 0 aliphatic heterocycles. The molecule has 5 heteroatoms. The molecule has 1 aromatic heterocycles. The molecule has 0 bridgehead atoms. The van der Waals surface area contributed by atoms with Crippen molar-refractivity contribution in [1.29, 1.82) is 0 Å². The Kier molecular flexibility index (Phi) is 4.47. The highest BCUT2D eigenvalue weighted by Crippen LogP contribution is 2.34. The Bertz CT molecular complexity index is 482. The predicted molar refractivity (Wildman–Crippen MR) is 77.3 cm³/mol. The van der Waals surface area contributed by atoms with Crippen molar-refractivity contribution < 1.29 is 14.3 Å². The zero-order valence-electron chi connectivity index (χ0n) is 12.5. The van der Waals surface area contributed by atoms with E-state index in [1.165, 1.54) is 0 Å². The molecule has 1 heterocycles. The molecule has 110 valence electrons. The van der Waals surface area contributed by atoms with Gasteiger partial charge in [0, 0.05) is 20.2 Å². The first-order chi connectivity index (χ1) is 9.47. The zero-order valence-corrected chi connectivity index (χ0v) is 12.5. The summed E-state index contributed by atoms with van der Waals surface area (Å²) in [5.41, 5.74) is 0.875. The van der Waals surface area contributed by atoms with E-state index in [2.05, 4.69) is 18.8 Å². The highest BCUT2D eigenvalue weighted by molar-refractivity contribution is 5.78. The van der Waals surface area contributed by atoms with Gasteiger partial charge in [-0.3, -0.25) is 4.79 Å². The highest BCUT2D eigenvalue weighted by Gasteiger charge is 2.32. The molecular formula is C15H22N2O3. The Morgan fingerprint density at radius 2 is 2.15 bits per heavy atom. The SMILES string of the molecule is CC(C)COc1ncc(N(C)C)cc1OC(=O)C1CC1. The van der Waals surface area contributed by atoms with E-state index < -0.39 is 0 Å². The summed E-state index contributed by atoms with van der Waals surface area (Å²) in [6.45, 7) is 4.66. The quantitative estimate of drug-likeness (QED) is 0.748. The summed E-state index contributed by atoms with van der Waals surface area (Å²) < 4.78 is 11.1. The van der Waals surface area contributed by atoms with Crippen LogP contribution in [0.2, 0.25) is 0 Å². The first-order valence-corrected chi connectivity index (χ1v) is 6.99. The molecule has 1 aliphatic carbocycles. The monoisotopic (exact) mass is 278 g/mol. The second kappa shape index (κ2) is 6.11. The summed E-state index contributed by atoms with van der Waals surface area (Å²) >= 11 is 0. The van der Waals surface area contributed by atoms with Crippen LogP contribution in [0.5, 0.6) is 11.6 Å². The summed E-state index contributed by atoms with van der Waals surface area (Å²) in [5, 5.41) is 0. The van der Waals surface area contributed by atoms with Gasteiger partial charge >= 0.3 is 5.97 Å². The van der Waals surface area contributed by atoms with Gasteiger partial charge in [-0.25, -0.2) is 4.98 Å². The number of aromatic nitrogens is 1. The van der Waals surface area contributed by atoms with Crippen molar-refractivity contribution in [1.82, 2.24) is 4.98 Å². The summed E-state index contributed by atoms with van der Waals surface area (Å²) in [6, 6.07) is 1.79. The molecule has 0 radical (unpaired) electrons. The second-order valence-corrected chi connectivity index (χ2v) is 5.79. The molecule has 0 saturated heterocycles. The van der Waals surface area contributed by atoms with Crippen LogP contribution in [-0.4, -0.2) is 31.7 Å². The fourth-order valence-electron chi connectivity index (χ4n) is 1.60. The van der Waals surface area contributed by atoms with E-state index in [9.17, 15) is 4.79 Å². The first kappa shape index (κ1) is 14.6. The van der Waals surface area contributed by atoms with Gasteiger partial charge in [0.25, 0.3) is 5.88 Å². The molecule has 2 rings (SSSR count). The van der Waals surface area contributed by atoms with Crippen molar-refractivity contribution >= 4 is 11.7 Å². The molecule has 0 amide bonds. The van der Waals surface area contributed by atoms with Crippen molar-refractivity contribution in [3.63, 3.8) is 0 Å². The van der Waals surface area contributed by atoms with Gasteiger partial charge < -0.3 is 14.4 Å². The zero-order chi connectivity index (χ0) is 14.7. The summed E-state index contributed by atoms with van der Waals surface area (Å²) in [5.74, 6) is 1.05. The molecule has 1 aromatic rings. The fraction of sp³-hybridized carbons (Fsp3) is 0.600. The maximum absolute atomic E-state index is 11.8. The minimum atomic E-state index is -0.183. The van der Waals surface area contributed by atoms with Crippen LogP contribution in [0, 0.1) is 11.8 Å². The van der Waals surface area contributed by atoms with E-state index in [-0.39, 0.29) is 11.9 Å². The minimum Gasteiger partial charge on any atom is -0.475 e. The van der Waals surface area contributed by atoms with E-state index in [1.807, 2.05) is 19.0 Å². The Hall–Kier alpha value is -1.78. The van der Waals surface area contributed by atoms with Gasteiger partial charge in [0.05, 0.1) is 24.4 Å². The van der Waals surface area contributed by atoms with E-state index in [0.29, 0.717) is 24.2 Å². The van der Waals surface area contributed by atoms with Crippen molar-refractivity contribution in [3.05, 3.63) is 12.3 Å². The molecule has 0 unspecified atom stereocenters. The lowest BCUT2D eigenvalue weighted by Crippen LogP contribution is -2.15. The number of anilines is 1. The molecule has 5 nitrogen and oxygen atoms in total. The van der Waals surface area contributed by atoms with Crippen LogP contribution in [0.4, 0.5) is 5.69 Å². The van der Waals surface area contributed by atoms with Crippen LogP contribution in [-0.2, 0) is 4.79 Å². The third-order valence-electron chi connectivity index (χ3n) is 2.99. The van der Waals surface area contributed by atoms with Crippen LogP contribution in [0.3, 0.4) is 0 Å². The molecule has 0 atom stereocenters. The molecule has 20 heavy (non-hydrogen) atoms. The average Bonchev–Trinajstić information content (AvgIpc) is 3.21.